The molecule has 4 aromatic carbocycles. The number of amides is 2. The van der Waals surface area contributed by atoms with Gasteiger partial charge in [-0.3, -0.25) is 9.59 Å². The quantitative estimate of drug-likeness (QED) is 0.131. The Labute approximate surface area is 297 Å². The Kier molecular flexibility index (Phi) is 11.0. The highest BCUT2D eigenvalue weighted by molar-refractivity contribution is 6.29. The Morgan fingerprint density at radius 2 is 1.04 bits per heavy atom. The minimum absolute atomic E-state index is 0.0419. The number of nitrogens with zero attached hydrogens (tertiary/aromatic N) is 3. The summed E-state index contributed by atoms with van der Waals surface area (Å²) >= 11 is 5.84. The molecule has 0 radical (unpaired) electrons. The number of fused-ring (bicyclic) bond motifs is 2. The molecule has 6 aromatic rings. The van der Waals surface area contributed by atoms with Gasteiger partial charge in [-0.2, -0.15) is 5.26 Å². The summed E-state index contributed by atoms with van der Waals surface area (Å²) < 4.78 is 9.38. The van der Waals surface area contributed by atoms with E-state index in [2.05, 4.69) is 25.3 Å². The average Bonchev–Trinajstić information content (AvgIpc) is 3.15. The van der Waals surface area contributed by atoms with Gasteiger partial charge in [0.25, 0.3) is 11.8 Å². The molecule has 0 bridgehead atoms. The van der Waals surface area contributed by atoms with Gasteiger partial charge in [0, 0.05) is 11.1 Å². The lowest BCUT2D eigenvalue weighted by molar-refractivity contribution is 0.0586. The highest BCUT2D eigenvalue weighted by atomic mass is 35.5. The number of carbonyl (C=O) groups excluding carboxylic acids is 4. The van der Waals surface area contributed by atoms with E-state index in [0.717, 1.165) is 32.7 Å². The van der Waals surface area contributed by atoms with Gasteiger partial charge in [-0.25, -0.2) is 19.6 Å². The van der Waals surface area contributed by atoms with Crippen LogP contribution >= 0.6 is 11.6 Å². The summed E-state index contributed by atoms with van der Waals surface area (Å²) in [7, 11) is 2.45. The van der Waals surface area contributed by atoms with Crippen LogP contribution in [0.15, 0.2) is 97.1 Å². The number of rotatable bonds is 6. The van der Waals surface area contributed by atoms with Crippen LogP contribution < -0.4 is 10.6 Å². The topological polar surface area (TPSA) is 160 Å². The van der Waals surface area contributed by atoms with Crippen LogP contribution in [0.4, 0.5) is 11.4 Å². The zero-order valence-corrected chi connectivity index (χ0v) is 28.7. The first-order valence-corrected chi connectivity index (χ1v) is 15.8. The molecule has 2 heterocycles. The van der Waals surface area contributed by atoms with Gasteiger partial charge in [0.1, 0.15) is 16.9 Å². The fourth-order valence-corrected chi connectivity index (χ4v) is 5.49. The lowest BCUT2D eigenvalue weighted by atomic mass is 10.00. The van der Waals surface area contributed by atoms with Crippen LogP contribution in [0, 0.1) is 25.2 Å². The molecule has 2 amide bonds. The number of aryl methyl sites for hydroxylation is 2. The second kappa shape index (κ2) is 15.7. The van der Waals surface area contributed by atoms with Crippen molar-refractivity contribution in [3.8, 4) is 6.07 Å². The molecule has 0 aliphatic carbocycles. The number of nitrogens with one attached hydrogen (secondary N) is 2. The first-order chi connectivity index (χ1) is 24.6. The van der Waals surface area contributed by atoms with Crippen LogP contribution in [-0.2, 0) is 9.47 Å². The zero-order valence-electron chi connectivity index (χ0n) is 27.9. The Morgan fingerprint density at radius 3 is 1.49 bits per heavy atom. The summed E-state index contributed by atoms with van der Waals surface area (Å²) in [5.41, 5.74) is 3.46. The van der Waals surface area contributed by atoms with Crippen molar-refractivity contribution in [2.45, 2.75) is 13.8 Å². The summed E-state index contributed by atoms with van der Waals surface area (Å²) in [6.07, 6.45) is 0. The molecule has 12 heteroatoms. The maximum absolute atomic E-state index is 12.8. The van der Waals surface area contributed by atoms with Crippen molar-refractivity contribution in [3.05, 3.63) is 142 Å². The molecule has 254 valence electrons. The number of nitriles is 1. The number of hydrogen-bond donors (Lipinski definition) is 2. The molecule has 0 spiro atoms. The number of aromatic nitrogens is 2. The molecule has 0 saturated heterocycles. The van der Waals surface area contributed by atoms with E-state index in [1.54, 1.807) is 12.1 Å². The maximum Gasteiger partial charge on any atom is 0.358 e. The van der Waals surface area contributed by atoms with Crippen molar-refractivity contribution in [3.63, 3.8) is 0 Å². The summed E-state index contributed by atoms with van der Waals surface area (Å²) in [6.45, 7) is 3.96. The van der Waals surface area contributed by atoms with E-state index in [9.17, 15) is 19.2 Å². The van der Waals surface area contributed by atoms with Crippen molar-refractivity contribution in [1.29, 1.82) is 5.26 Å². The molecule has 2 N–H and O–H groups in total. The number of benzene rings is 4. The number of halogens is 1. The minimum Gasteiger partial charge on any atom is -0.464 e. The number of esters is 2. The molecular formula is C39H30ClN5O6. The lowest BCUT2D eigenvalue weighted by Crippen LogP contribution is -2.17. The molecule has 0 fully saturated rings. The van der Waals surface area contributed by atoms with Crippen molar-refractivity contribution in [2.75, 3.05) is 24.9 Å². The van der Waals surface area contributed by atoms with Gasteiger partial charge in [-0.15, -0.1) is 0 Å². The number of methoxy groups -OCH3 is 2. The summed E-state index contributed by atoms with van der Waals surface area (Å²) in [5.74, 6) is -2.12. The van der Waals surface area contributed by atoms with E-state index in [1.807, 2.05) is 80.6 Å². The molecule has 0 aliphatic heterocycles. The third-order valence-electron chi connectivity index (χ3n) is 7.90. The molecule has 0 saturated carbocycles. The van der Waals surface area contributed by atoms with Gasteiger partial charge in [0.15, 0.2) is 11.4 Å². The Balaban J connectivity index is 0.000000198. The van der Waals surface area contributed by atoms with Crippen molar-refractivity contribution < 1.29 is 28.7 Å². The molecule has 0 aliphatic rings. The SMILES string of the molecule is COC(=O)c1nc(C#N)ccc1NC(=O)c1ccc(C)c2ccccc12.COC(=O)c1nc(Cl)ccc1NC(=O)c1ccc(C)c2ccccc12. The standard InChI is InChI=1S/C20H15N3O3.C19H15ClN2O3/c1-12-7-9-16(15-6-4-3-5-14(12)15)19(24)23-17-10-8-13(11-21)22-18(17)20(25)26-2;1-11-7-8-14(13-6-4-3-5-12(11)13)18(23)21-15-9-10-16(20)22-17(15)19(24)25-2/h3-10H,1-2H3,(H,23,24);3-10H,1-2H3,(H,21,23). The van der Waals surface area contributed by atoms with Gasteiger partial charge in [-0.1, -0.05) is 72.3 Å². The molecule has 2 aromatic heterocycles. The number of anilines is 2. The monoisotopic (exact) mass is 699 g/mol. The molecule has 0 atom stereocenters. The first kappa shape index (κ1) is 35.7. The number of ether oxygens (including phenoxy) is 2. The summed E-state index contributed by atoms with van der Waals surface area (Å²) in [5, 5.41) is 18.1. The second-order valence-electron chi connectivity index (χ2n) is 11.1. The van der Waals surface area contributed by atoms with Gasteiger partial charge in [-0.05, 0) is 82.9 Å². The Hall–Kier alpha value is -6.64. The smallest absolute Gasteiger partial charge is 0.358 e. The average molecular weight is 700 g/mol. The third kappa shape index (κ3) is 7.83. The van der Waals surface area contributed by atoms with Crippen LogP contribution in [0.1, 0.15) is 58.5 Å². The first-order valence-electron chi connectivity index (χ1n) is 15.4. The van der Waals surface area contributed by atoms with Gasteiger partial charge in [0.05, 0.1) is 25.6 Å². The fraction of sp³-hybridized carbons (Fsp3) is 0.103. The van der Waals surface area contributed by atoms with Crippen LogP contribution in [-0.4, -0.2) is 47.9 Å². The predicted octanol–water partition coefficient (Wildman–Crippen LogP) is 7.69. The number of carbonyl (C=O) groups is 4. The lowest BCUT2D eigenvalue weighted by Gasteiger charge is -2.12. The molecular weight excluding hydrogens is 670 g/mol. The van der Waals surface area contributed by atoms with Gasteiger partial charge < -0.3 is 20.1 Å². The highest BCUT2D eigenvalue weighted by Gasteiger charge is 2.20. The highest BCUT2D eigenvalue weighted by Crippen LogP contribution is 2.26. The normalized spacial score (nSPS) is 10.4. The fourth-order valence-electron chi connectivity index (χ4n) is 5.34. The van der Waals surface area contributed by atoms with E-state index >= 15 is 0 Å². The predicted molar refractivity (Wildman–Crippen MR) is 194 cm³/mol. The van der Waals surface area contributed by atoms with E-state index in [1.165, 1.54) is 38.5 Å². The van der Waals surface area contributed by atoms with E-state index in [-0.39, 0.29) is 45.4 Å². The van der Waals surface area contributed by atoms with Crippen LogP contribution in [0.3, 0.4) is 0 Å². The van der Waals surface area contributed by atoms with Crippen LogP contribution in [0.2, 0.25) is 5.15 Å². The van der Waals surface area contributed by atoms with Crippen molar-refractivity contribution in [2.24, 2.45) is 0 Å². The number of hydrogen-bond acceptors (Lipinski definition) is 9. The number of pyridine rings is 2. The zero-order chi connectivity index (χ0) is 36.7. The van der Waals surface area contributed by atoms with Crippen molar-refractivity contribution >= 4 is 68.3 Å². The third-order valence-corrected chi connectivity index (χ3v) is 8.11. The van der Waals surface area contributed by atoms with Gasteiger partial charge >= 0.3 is 11.9 Å². The van der Waals surface area contributed by atoms with Crippen LogP contribution in [0.25, 0.3) is 21.5 Å². The van der Waals surface area contributed by atoms with Gasteiger partial charge in [0.2, 0.25) is 0 Å². The Morgan fingerprint density at radius 1 is 0.608 bits per heavy atom. The molecule has 11 nitrogen and oxygen atoms in total. The molecule has 51 heavy (non-hydrogen) atoms. The second-order valence-corrected chi connectivity index (χ2v) is 11.5. The minimum atomic E-state index is -0.730. The van der Waals surface area contributed by atoms with E-state index < -0.39 is 11.9 Å². The van der Waals surface area contributed by atoms with Crippen molar-refractivity contribution in [1.82, 2.24) is 9.97 Å². The maximum atomic E-state index is 12.8. The summed E-state index contributed by atoms with van der Waals surface area (Å²) in [4.78, 5) is 57.2. The Bertz CT molecular complexity index is 2390. The van der Waals surface area contributed by atoms with E-state index in [4.69, 9.17) is 21.6 Å². The molecule has 0 unspecified atom stereocenters. The molecule has 6 rings (SSSR count). The largest absolute Gasteiger partial charge is 0.464 e. The summed E-state index contributed by atoms with van der Waals surface area (Å²) in [6, 6.07) is 30.3. The van der Waals surface area contributed by atoms with Crippen LogP contribution in [0.5, 0.6) is 0 Å². The van der Waals surface area contributed by atoms with E-state index in [0.29, 0.717) is 11.1 Å².